The molecule has 7 heteroatoms. The Bertz CT molecular complexity index is 705. The van der Waals surface area contributed by atoms with Crippen molar-refractivity contribution in [2.24, 2.45) is 0 Å². The number of aromatic nitrogens is 1. The van der Waals surface area contributed by atoms with Gasteiger partial charge >= 0.3 is 8.60 Å². The predicted octanol–water partition coefficient (Wildman–Crippen LogP) is 3.93. The molecule has 2 rings (SSSR count). The van der Waals surface area contributed by atoms with Gasteiger partial charge in [-0.15, -0.1) is 0 Å². The number of rotatable bonds is 6. The van der Waals surface area contributed by atoms with E-state index >= 15 is 0 Å². The molecule has 2 aromatic rings. The quantitative estimate of drug-likeness (QED) is 0.610. The van der Waals surface area contributed by atoms with Crippen LogP contribution in [0.2, 0.25) is 0 Å². The maximum Gasteiger partial charge on any atom is 0.390 e. The van der Waals surface area contributed by atoms with Crippen LogP contribution >= 0.6 is 8.60 Å². The summed E-state index contributed by atoms with van der Waals surface area (Å²) in [5, 5.41) is 0. The highest BCUT2D eigenvalue weighted by atomic mass is 31.2. The highest BCUT2D eigenvalue weighted by Crippen LogP contribution is 2.31. The Labute approximate surface area is 142 Å². The molecule has 1 aromatic heterocycles. The van der Waals surface area contributed by atoms with Gasteiger partial charge in [0.2, 0.25) is 0 Å². The van der Waals surface area contributed by atoms with E-state index in [0.717, 1.165) is 22.5 Å². The zero-order valence-corrected chi connectivity index (χ0v) is 14.6. The summed E-state index contributed by atoms with van der Waals surface area (Å²) in [6, 6.07) is 8.36. The molecule has 0 unspecified atom stereocenters. The highest BCUT2D eigenvalue weighted by Gasteiger charge is 2.14. The van der Waals surface area contributed by atoms with Crippen molar-refractivity contribution in [1.82, 2.24) is 4.98 Å². The van der Waals surface area contributed by atoms with Gasteiger partial charge in [-0.05, 0) is 55.8 Å². The Morgan fingerprint density at radius 3 is 2.50 bits per heavy atom. The number of anilines is 1. The molecule has 0 aliphatic heterocycles. The molecule has 0 spiro atoms. The first-order chi connectivity index (χ1) is 11.4. The van der Waals surface area contributed by atoms with E-state index in [9.17, 15) is 4.39 Å². The summed E-state index contributed by atoms with van der Waals surface area (Å²) in [7, 11) is -0.468. The molecule has 0 fully saturated rings. The lowest BCUT2D eigenvalue weighted by Crippen LogP contribution is -2.26. The number of hydrogen-bond donors (Lipinski definition) is 2. The normalized spacial score (nSPS) is 11.5. The zero-order valence-electron chi connectivity index (χ0n) is 13.7. The van der Waals surface area contributed by atoms with Crippen LogP contribution in [0.15, 0.2) is 42.8 Å². The summed E-state index contributed by atoms with van der Waals surface area (Å²) >= 11 is 0. The fourth-order valence-corrected chi connectivity index (χ4v) is 2.27. The molecule has 5 nitrogen and oxygen atoms in total. The van der Waals surface area contributed by atoms with E-state index in [1.54, 1.807) is 24.4 Å². The van der Waals surface area contributed by atoms with E-state index in [-0.39, 0.29) is 11.9 Å². The lowest BCUT2D eigenvalue weighted by atomic mass is 10.1. The van der Waals surface area contributed by atoms with Gasteiger partial charge in [-0.25, -0.2) is 4.39 Å². The molecule has 24 heavy (non-hydrogen) atoms. The smallest absolute Gasteiger partial charge is 0.390 e. The van der Waals surface area contributed by atoms with Crippen molar-refractivity contribution in [3.63, 3.8) is 0 Å². The van der Waals surface area contributed by atoms with Crippen molar-refractivity contribution in [3.8, 4) is 11.3 Å². The molecule has 0 amide bonds. The summed E-state index contributed by atoms with van der Waals surface area (Å²) in [6.45, 7) is 4.12. The third-order valence-electron chi connectivity index (χ3n) is 3.58. The summed E-state index contributed by atoms with van der Waals surface area (Å²) in [5.74, 6) is -0.293. The zero-order chi connectivity index (χ0) is 17.7. The van der Waals surface area contributed by atoms with Crippen molar-refractivity contribution >= 4 is 20.4 Å². The van der Waals surface area contributed by atoms with Crippen LogP contribution < -0.4 is 4.90 Å². The Morgan fingerprint density at radius 1 is 1.25 bits per heavy atom. The van der Waals surface area contributed by atoms with Gasteiger partial charge in [-0.2, -0.15) is 0 Å². The number of pyridine rings is 1. The number of hydrogen-bond acceptors (Lipinski definition) is 5. The Morgan fingerprint density at radius 2 is 1.92 bits per heavy atom. The van der Waals surface area contributed by atoms with Crippen LogP contribution in [0.4, 0.5) is 10.1 Å². The highest BCUT2D eigenvalue weighted by molar-refractivity contribution is 7.39. The number of halogens is 1. The van der Waals surface area contributed by atoms with Gasteiger partial charge in [0, 0.05) is 24.8 Å². The second-order valence-corrected chi connectivity index (χ2v) is 6.23. The minimum atomic E-state index is -2.43. The first-order valence-electron chi connectivity index (χ1n) is 7.38. The molecule has 0 saturated heterocycles. The third-order valence-corrected chi connectivity index (χ3v) is 3.89. The van der Waals surface area contributed by atoms with E-state index in [2.05, 4.69) is 28.3 Å². The van der Waals surface area contributed by atoms with Gasteiger partial charge in [0.1, 0.15) is 5.82 Å². The SMILES string of the molecule is CC(C)N(C)c1cc(/C=C/OP(O)O)cnc1-c1ccc(F)cc1. The summed E-state index contributed by atoms with van der Waals surface area (Å²) in [4.78, 5) is 24.1. The van der Waals surface area contributed by atoms with Crippen molar-refractivity contribution in [2.75, 3.05) is 11.9 Å². The van der Waals surface area contributed by atoms with Gasteiger partial charge in [0.15, 0.2) is 0 Å². The molecule has 0 bridgehead atoms. The second-order valence-electron chi connectivity index (χ2n) is 5.51. The van der Waals surface area contributed by atoms with Crippen LogP contribution in [-0.2, 0) is 4.52 Å². The van der Waals surface area contributed by atoms with Gasteiger partial charge < -0.3 is 19.2 Å². The van der Waals surface area contributed by atoms with Crippen LogP contribution in [0.5, 0.6) is 0 Å². The summed E-state index contributed by atoms with van der Waals surface area (Å²) in [6.07, 6.45) is 4.47. The standard InChI is InChI=1S/C17H20FN2O3P/c1-12(2)20(3)16-10-13(8-9-23-24(21)22)11-19-17(16)14-4-6-15(18)7-5-14/h4-12,21-22H,1-3H3/b9-8+. The first-order valence-corrected chi connectivity index (χ1v) is 8.55. The minimum absolute atomic E-state index is 0.240. The van der Waals surface area contributed by atoms with Crippen LogP contribution in [-0.4, -0.2) is 27.9 Å². The van der Waals surface area contributed by atoms with E-state index in [1.165, 1.54) is 18.4 Å². The third kappa shape index (κ3) is 4.74. The molecule has 0 atom stereocenters. The molecule has 1 heterocycles. The molecular weight excluding hydrogens is 330 g/mol. The minimum Gasteiger partial charge on any atom is -0.435 e. The topological polar surface area (TPSA) is 65.8 Å². The maximum atomic E-state index is 13.2. The van der Waals surface area contributed by atoms with Gasteiger partial charge in [-0.3, -0.25) is 4.98 Å². The van der Waals surface area contributed by atoms with Gasteiger partial charge in [0.25, 0.3) is 0 Å². The largest absolute Gasteiger partial charge is 0.435 e. The molecule has 0 radical (unpaired) electrons. The number of nitrogens with zero attached hydrogens (tertiary/aromatic N) is 2. The summed E-state index contributed by atoms with van der Waals surface area (Å²) in [5.41, 5.74) is 3.20. The van der Waals surface area contributed by atoms with Crippen LogP contribution in [0, 0.1) is 5.82 Å². The van der Waals surface area contributed by atoms with E-state index in [0.29, 0.717) is 0 Å². The molecular formula is C17H20FN2O3P. The Balaban J connectivity index is 2.43. The molecule has 1 aromatic carbocycles. The predicted molar refractivity (Wildman–Crippen MR) is 94.6 cm³/mol. The van der Waals surface area contributed by atoms with Crippen LogP contribution in [0.3, 0.4) is 0 Å². The Hall–Kier alpha value is -2.01. The van der Waals surface area contributed by atoms with E-state index < -0.39 is 8.60 Å². The molecule has 0 aliphatic rings. The molecule has 128 valence electrons. The number of benzene rings is 1. The fourth-order valence-electron chi connectivity index (χ4n) is 2.10. The average Bonchev–Trinajstić information content (AvgIpc) is 2.54. The molecule has 0 saturated carbocycles. The second kappa shape index (κ2) is 8.20. The molecule has 2 N–H and O–H groups in total. The average molecular weight is 350 g/mol. The van der Waals surface area contributed by atoms with Crippen molar-refractivity contribution < 1.29 is 18.7 Å². The first kappa shape index (κ1) is 18.3. The van der Waals surface area contributed by atoms with Crippen LogP contribution in [0.25, 0.3) is 17.3 Å². The summed E-state index contributed by atoms with van der Waals surface area (Å²) < 4.78 is 17.8. The van der Waals surface area contributed by atoms with Crippen molar-refractivity contribution in [2.45, 2.75) is 19.9 Å². The van der Waals surface area contributed by atoms with Crippen LogP contribution in [0.1, 0.15) is 19.4 Å². The molecule has 0 aliphatic carbocycles. The van der Waals surface area contributed by atoms with E-state index in [4.69, 9.17) is 9.79 Å². The monoisotopic (exact) mass is 350 g/mol. The Kier molecular flexibility index (Phi) is 6.26. The van der Waals surface area contributed by atoms with Gasteiger partial charge in [-0.1, -0.05) is 0 Å². The van der Waals surface area contributed by atoms with E-state index in [1.807, 2.05) is 13.1 Å². The lowest BCUT2D eigenvalue weighted by Gasteiger charge is -2.26. The maximum absolute atomic E-state index is 13.2. The van der Waals surface area contributed by atoms with Crippen molar-refractivity contribution in [1.29, 1.82) is 0 Å². The van der Waals surface area contributed by atoms with Crippen molar-refractivity contribution in [3.05, 3.63) is 54.2 Å². The lowest BCUT2D eigenvalue weighted by molar-refractivity contribution is 0.344. The van der Waals surface area contributed by atoms with Gasteiger partial charge in [0.05, 0.1) is 17.6 Å². The fraction of sp³-hybridized carbons (Fsp3) is 0.235.